The van der Waals surface area contributed by atoms with E-state index in [1.165, 1.54) is 27.5 Å². The maximum atomic E-state index is 12.7. The summed E-state index contributed by atoms with van der Waals surface area (Å²) < 4.78 is 2.94. The Kier molecular flexibility index (Phi) is 6.40. The summed E-state index contributed by atoms with van der Waals surface area (Å²) in [5, 5.41) is 10.3. The molecule has 0 radical (unpaired) electrons. The number of hydrogen-bond donors (Lipinski definition) is 2. The van der Waals surface area contributed by atoms with Crippen LogP contribution < -0.4 is 16.3 Å². The summed E-state index contributed by atoms with van der Waals surface area (Å²) in [4.78, 5) is 27.7. The predicted molar refractivity (Wildman–Crippen MR) is 132 cm³/mol. The largest absolute Gasteiger partial charge is 0.350 e. The number of urea groups is 1. The van der Waals surface area contributed by atoms with E-state index in [1.807, 2.05) is 48.5 Å². The number of amides is 2. The molecule has 3 heterocycles. The third-order valence-electron chi connectivity index (χ3n) is 6.23. The summed E-state index contributed by atoms with van der Waals surface area (Å²) >= 11 is 0. The Morgan fingerprint density at radius 3 is 2.56 bits per heavy atom. The second-order valence-electron chi connectivity index (χ2n) is 8.57. The van der Waals surface area contributed by atoms with Crippen molar-refractivity contribution >= 4 is 17.4 Å². The van der Waals surface area contributed by atoms with Gasteiger partial charge in [0.05, 0.1) is 12.6 Å². The molecule has 1 saturated heterocycles. The Balaban J connectivity index is 1.23. The van der Waals surface area contributed by atoms with Crippen molar-refractivity contribution < 1.29 is 4.79 Å². The summed E-state index contributed by atoms with van der Waals surface area (Å²) in [6.07, 6.45) is 4.09. The molecule has 0 aliphatic carbocycles. The van der Waals surface area contributed by atoms with Crippen molar-refractivity contribution in [2.24, 2.45) is 0 Å². The number of pyridine rings is 1. The SMILES string of the molecule is O=C(NCC(c1ccccc1)N1CCCC1)Nc1cccc(Cn2nc3ccccn3c2=O)c1. The third-order valence-corrected chi connectivity index (χ3v) is 6.23. The molecule has 1 aliphatic heterocycles. The zero-order valence-electron chi connectivity index (χ0n) is 18.9. The number of hydrogen-bond acceptors (Lipinski definition) is 4. The number of carbonyl (C=O) groups is 1. The van der Waals surface area contributed by atoms with E-state index in [1.54, 1.807) is 18.3 Å². The number of rotatable bonds is 7. The van der Waals surface area contributed by atoms with Gasteiger partial charge >= 0.3 is 11.7 Å². The molecule has 8 heteroatoms. The Hall–Kier alpha value is -3.91. The van der Waals surface area contributed by atoms with Gasteiger partial charge in [0.25, 0.3) is 0 Å². The summed E-state index contributed by atoms with van der Waals surface area (Å²) in [6, 6.07) is 23.2. The number of nitrogens with zero attached hydrogens (tertiary/aromatic N) is 4. The van der Waals surface area contributed by atoms with E-state index in [9.17, 15) is 9.59 Å². The van der Waals surface area contributed by atoms with Crippen LogP contribution in [0.3, 0.4) is 0 Å². The second-order valence-corrected chi connectivity index (χ2v) is 8.57. The van der Waals surface area contributed by atoms with Crippen molar-refractivity contribution in [3.8, 4) is 0 Å². The first kappa shape index (κ1) is 21.9. The van der Waals surface area contributed by atoms with Crippen molar-refractivity contribution in [3.05, 3.63) is 101 Å². The highest BCUT2D eigenvalue weighted by Crippen LogP contribution is 2.24. The Labute approximate surface area is 197 Å². The fourth-order valence-corrected chi connectivity index (χ4v) is 4.54. The number of anilines is 1. The molecule has 2 amide bonds. The molecule has 5 rings (SSSR count). The Morgan fingerprint density at radius 2 is 1.76 bits per heavy atom. The third kappa shape index (κ3) is 4.87. The van der Waals surface area contributed by atoms with Gasteiger partial charge in [-0.2, -0.15) is 0 Å². The van der Waals surface area contributed by atoms with E-state index in [0.717, 1.165) is 18.7 Å². The van der Waals surface area contributed by atoms with Gasteiger partial charge in [-0.15, -0.1) is 5.10 Å². The lowest BCUT2D eigenvalue weighted by Crippen LogP contribution is -2.38. The highest BCUT2D eigenvalue weighted by Gasteiger charge is 2.23. The minimum atomic E-state index is -0.248. The van der Waals surface area contributed by atoms with Crippen molar-refractivity contribution in [1.82, 2.24) is 24.4 Å². The van der Waals surface area contributed by atoms with Crippen LogP contribution in [-0.4, -0.2) is 44.7 Å². The fourth-order valence-electron chi connectivity index (χ4n) is 4.54. The molecule has 0 spiro atoms. The van der Waals surface area contributed by atoms with E-state index >= 15 is 0 Å². The molecule has 0 bridgehead atoms. The Bertz CT molecular complexity index is 1320. The number of benzene rings is 2. The van der Waals surface area contributed by atoms with Gasteiger partial charge < -0.3 is 10.6 Å². The maximum absolute atomic E-state index is 12.7. The van der Waals surface area contributed by atoms with Crippen LogP contribution in [0.4, 0.5) is 10.5 Å². The van der Waals surface area contributed by atoms with Crippen LogP contribution in [0.15, 0.2) is 83.8 Å². The number of likely N-dealkylation sites (tertiary alicyclic amines) is 1. The molecule has 1 aliphatic rings. The molecule has 34 heavy (non-hydrogen) atoms. The number of aromatic nitrogens is 3. The molecular formula is C26H28N6O2. The van der Waals surface area contributed by atoms with E-state index in [4.69, 9.17) is 0 Å². The predicted octanol–water partition coefficient (Wildman–Crippen LogP) is 3.50. The van der Waals surface area contributed by atoms with Gasteiger partial charge in [0.2, 0.25) is 0 Å². The molecule has 8 nitrogen and oxygen atoms in total. The lowest BCUT2D eigenvalue weighted by molar-refractivity contribution is 0.227. The van der Waals surface area contributed by atoms with Crippen LogP contribution in [0.1, 0.15) is 30.0 Å². The van der Waals surface area contributed by atoms with Gasteiger partial charge in [-0.25, -0.2) is 14.3 Å². The molecule has 4 aromatic rings. The molecular weight excluding hydrogens is 428 g/mol. The summed E-state index contributed by atoms with van der Waals surface area (Å²) in [7, 11) is 0. The molecule has 2 N–H and O–H groups in total. The molecule has 2 aromatic heterocycles. The molecule has 174 valence electrons. The molecule has 2 aromatic carbocycles. The second kappa shape index (κ2) is 9.93. The summed E-state index contributed by atoms with van der Waals surface area (Å²) in [5.41, 5.74) is 3.17. The number of nitrogens with one attached hydrogen (secondary N) is 2. The average Bonchev–Trinajstić information content (AvgIpc) is 3.49. The van der Waals surface area contributed by atoms with E-state index in [-0.39, 0.29) is 17.8 Å². The van der Waals surface area contributed by atoms with Gasteiger partial charge in [-0.05, 0) is 61.3 Å². The average molecular weight is 457 g/mol. The van der Waals surface area contributed by atoms with E-state index in [2.05, 4.69) is 32.8 Å². The van der Waals surface area contributed by atoms with Crippen LogP contribution in [0.5, 0.6) is 0 Å². The quantitative estimate of drug-likeness (QED) is 0.446. The van der Waals surface area contributed by atoms with Crippen molar-refractivity contribution in [1.29, 1.82) is 0 Å². The minimum absolute atomic E-state index is 0.155. The first-order valence-corrected chi connectivity index (χ1v) is 11.6. The normalized spacial score (nSPS) is 14.8. The zero-order valence-corrected chi connectivity index (χ0v) is 18.9. The lowest BCUT2D eigenvalue weighted by Gasteiger charge is -2.28. The van der Waals surface area contributed by atoms with Gasteiger partial charge in [-0.1, -0.05) is 48.5 Å². The van der Waals surface area contributed by atoms with Gasteiger partial charge in [0, 0.05) is 18.4 Å². The van der Waals surface area contributed by atoms with Gasteiger partial charge in [0.1, 0.15) is 0 Å². The zero-order chi connectivity index (χ0) is 23.3. The molecule has 0 saturated carbocycles. The van der Waals surface area contributed by atoms with Crippen molar-refractivity contribution in [3.63, 3.8) is 0 Å². The standard InChI is InChI=1S/C26H28N6O2/c33-25(27-18-23(30-14-6-7-15-30)21-10-2-1-3-11-21)28-22-12-8-9-20(17-22)19-32-26(34)31-16-5-4-13-24(31)29-32/h1-5,8-13,16-17,23H,6-7,14-15,18-19H2,(H2,27,28,33). The molecule has 1 unspecified atom stereocenters. The minimum Gasteiger partial charge on any atom is -0.336 e. The molecule has 1 atom stereocenters. The summed E-state index contributed by atoms with van der Waals surface area (Å²) in [5.74, 6) is 0. The highest BCUT2D eigenvalue weighted by atomic mass is 16.2. The number of fused-ring (bicyclic) bond motifs is 1. The van der Waals surface area contributed by atoms with Gasteiger partial charge in [-0.3, -0.25) is 9.30 Å². The van der Waals surface area contributed by atoms with Crippen LogP contribution in [-0.2, 0) is 6.54 Å². The van der Waals surface area contributed by atoms with Crippen LogP contribution in [0.2, 0.25) is 0 Å². The van der Waals surface area contributed by atoms with Crippen molar-refractivity contribution in [2.45, 2.75) is 25.4 Å². The van der Waals surface area contributed by atoms with Crippen LogP contribution in [0.25, 0.3) is 5.65 Å². The smallest absolute Gasteiger partial charge is 0.336 e. The van der Waals surface area contributed by atoms with Crippen molar-refractivity contribution in [2.75, 3.05) is 25.0 Å². The Morgan fingerprint density at radius 1 is 0.971 bits per heavy atom. The van der Waals surface area contributed by atoms with E-state index < -0.39 is 0 Å². The monoisotopic (exact) mass is 456 g/mol. The van der Waals surface area contributed by atoms with Gasteiger partial charge in [0.15, 0.2) is 5.65 Å². The van der Waals surface area contributed by atoms with E-state index in [0.29, 0.717) is 24.4 Å². The first-order chi connectivity index (χ1) is 16.7. The number of carbonyl (C=O) groups excluding carboxylic acids is 1. The first-order valence-electron chi connectivity index (χ1n) is 11.6. The molecule has 1 fully saturated rings. The highest BCUT2D eigenvalue weighted by molar-refractivity contribution is 5.89. The lowest BCUT2D eigenvalue weighted by atomic mass is 10.1. The maximum Gasteiger partial charge on any atom is 0.350 e. The fraction of sp³-hybridized carbons (Fsp3) is 0.269. The topological polar surface area (TPSA) is 83.7 Å². The van der Waals surface area contributed by atoms with Crippen LogP contribution >= 0.6 is 0 Å². The summed E-state index contributed by atoms with van der Waals surface area (Å²) in [6.45, 7) is 2.95. The van der Waals surface area contributed by atoms with Crippen LogP contribution in [0, 0.1) is 0 Å².